The first-order chi connectivity index (χ1) is 7.15. The Hall–Kier alpha value is -2.04. The summed E-state index contributed by atoms with van der Waals surface area (Å²) in [7, 11) is 0. The number of carbonyl (C=O) groups is 2. The van der Waals surface area contributed by atoms with Crippen molar-refractivity contribution in [2.75, 3.05) is 13.1 Å². The Morgan fingerprint density at radius 1 is 1.60 bits per heavy atom. The number of nitrogens with zero attached hydrogens (tertiary/aromatic N) is 1. The molecule has 1 rings (SSSR count). The number of hydrogen-bond donors (Lipinski definition) is 1. The van der Waals surface area contributed by atoms with Gasteiger partial charge < -0.3 is 14.4 Å². The topological polar surface area (TPSA) is 70.8 Å². The van der Waals surface area contributed by atoms with E-state index in [1.807, 2.05) is 0 Å². The molecule has 1 aromatic heterocycles. The molecule has 0 saturated carbocycles. The quantitative estimate of drug-likeness (QED) is 0.734. The van der Waals surface area contributed by atoms with Crippen LogP contribution in [0.15, 0.2) is 35.5 Å². The summed E-state index contributed by atoms with van der Waals surface area (Å²) < 4.78 is 4.89. The molecule has 80 valence electrons. The van der Waals surface area contributed by atoms with E-state index in [0.29, 0.717) is 0 Å². The lowest BCUT2D eigenvalue weighted by Gasteiger charge is -2.16. The van der Waals surface area contributed by atoms with Gasteiger partial charge in [0.05, 0.1) is 6.26 Å². The van der Waals surface area contributed by atoms with Gasteiger partial charge in [-0.3, -0.25) is 9.59 Å². The van der Waals surface area contributed by atoms with Crippen LogP contribution in [0.5, 0.6) is 0 Å². The molecule has 1 N–H and O–H groups in total. The molecule has 0 radical (unpaired) electrons. The summed E-state index contributed by atoms with van der Waals surface area (Å²) in [6.07, 6.45) is 2.82. The van der Waals surface area contributed by atoms with Gasteiger partial charge in [0.1, 0.15) is 6.54 Å². The fourth-order valence-electron chi connectivity index (χ4n) is 1.09. The highest BCUT2D eigenvalue weighted by Gasteiger charge is 2.19. The average Bonchev–Trinajstić information content (AvgIpc) is 2.68. The average molecular weight is 209 g/mol. The van der Waals surface area contributed by atoms with Crippen LogP contribution in [0, 0.1) is 0 Å². The third-order valence-electron chi connectivity index (χ3n) is 1.69. The Morgan fingerprint density at radius 2 is 2.33 bits per heavy atom. The minimum atomic E-state index is -1.07. The summed E-state index contributed by atoms with van der Waals surface area (Å²) in [4.78, 5) is 23.3. The monoisotopic (exact) mass is 209 g/mol. The molecular formula is C10H11NO4. The van der Waals surface area contributed by atoms with Crippen LogP contribution in [0.25, 0.3) is 0 Å². The van der Waals surface area contributed by atoms with E-state index in [1.165, 1.54) is 18.4 Å². The second-order valence-electron chi connectivity index (χ2n) is 2.85. The predicted octanol–water partition coefficient (Wildman–Crippen LogP) is 0.992. The number of carboxylic acid groups (broad SMARTS) is 1. The second-order valence-corrected chi connectivity index (χ2v) is 2.85. The molecule has 0 aromatic carbocycles. The van der Waals surface area contributed by atoms with Crippen LogP contribution in [0.2, 0.25) is 0 Å². The molecule has 0 atom stereocenters. The minimum Gasteiger partial charge on any atom is -0.480 e. The van der Waals surface area contributed by atoms with E-state index in [0.717, 1.165) is 4.90 Å². The summed E-state index contributed by atoms with van der Waals surface area (Å²) in [5, 5.41) is 8.60. The molecule has 5 nitrogen and oxygen atoms in total. The van der Waals surface area contributed by atoms with Crippen molar-refractivity contribution < 1.29 is 19.1 Å². The lowest BCUT2D eigenvalue weighted by atomic mass is 10.3. The third kappa shape index (κ3) is 2.98. The van der Waals surface area contributed by atoms with Gasteiger partial charge in [-0.1, -0.05) is 6.08 Å². The van der Waals surface area contributed by atoms with Crippen LogP contribution in [-0.2, 0) is 4.79 Å². The van der Waals surface area contributed by atoms with Crippen LogP contribution in [-0.4, -0.2) is 35.0 Å². The molecule has 5 heteroatoms. The van der Waals surface area contributed by atoms with Crippen molar-refractivity contribution in [2.24, 2.45) is 0 Å². The maximum Gasteiger partial charge on any atom is 0.323 e. The zero-order valence-corrected chi connectivity index (χ0v) is 8.05. The van der Waals surface area contributed by atoms with E-state index in [-0.39, 0.29) is 18.8 Å². The van der Waals surface area contributed by atoms with Gasteiger partial charge in [0, 0.05) is 6.54 Å². The highest BCUT2D eigenvalue weighted by molar-refractivity contribution is 5.93. The van der Waals surface area contributed by atoms with Crippen LogP contribution in [0.3, 0.4) is 0 Å². The summed E-state index contributed by atoms with van der Waals surface area (Å²) in [5.41, 5.74) is 0. The standard InChI is InChI=1S/C10H11NO4/c1-2-5-11(7-9(12)13)10(14)8-4-3-6-15-8/h2-4,6H,1,5,7H2,(H,12,13). The molecule has 0 aliphatic heterocycles. The lowest BCUT2D eigenvalue weighted by molar-refractivity contribution is -0.137. The van der Waals surface area contributed by atoms with Crippen molar-refractivity contribution in [1.82, 2.24) is 4.90 Å². The fraction of sp³-hybridized carbons (Fsp3) is 0.200. The van der Waals surface area contributed by atoms with Gasteiger partial charge in [-0.25, -0.2) is 0 Å². The Kier molecular flexibility index (Phi) is 3.68. The Bertz CT molecular complexity index is 356. The first kappa shape index (κ1) is 11.0. The van der Waals surface area contributed by atoms with Gasteiger partial charge >= 0.3 is 5.97 Å². The fourth-order valence-corrected chi connectivity index (χ4v) is 1.09. The first-order valence-corrected chi connectivity index (χ1v) is 4.30. The van der Waals surface area contributed by atoms with E-state index in [9.17, 15) is 9.59 Å². The second kappa shape index (κ2) is 4.99. The molecule has 0 saturated heterocycles. The van der Waals surface area contributed by atoms with Crippen molar-refractivity contribution in [2.45, 2.75) is 0 Å². The van der Waals surface area contributed by atoms with Gasteiger partial charge in [0.25, 0.3) is 5.91 Å². The summed E-state index contributed by atoms with van der Waals surface area (Å²) in [6, 6.07) is 3.06. The number of furan rings is 1. The predicted molar refractivity (Wildman–Crippen MR) is 52.4 cm³/mol. The Morgan fingerprint density at radius 3 is 2.80 bits per heavy atom. The maximum atomic E-state index is 11.7. The Labute approximate surface area is 86.6 Å². The maximum absolute atomic E-state index is 11.7. The molecular weight excluding hydrogens is 198 g/mol. The largest absolute Gasteiger partial charge is 0.480 e. The summed E-state index contributed by atoms with van der Waals surface area (Å²) >= 11 is 0. The molecule has 15 heavy (non-hydrogen) atoms. The minimum absolute atomic E-state index is 0.123. The molecule has 0 fully saturated rings. The third-order valence-corrected chi connectivity index (χ3v) is 1.69. The van der Waals surface area contributed by atoms with Crippen LogP contribution < -0.4 is 0 Å². The Balaban J connectivity index is 2.75. The number of carbonyl (C=O) groups excluding carboxylic acids is 1. The molecule has 0 unspecified atom stereocenters. The molecule has 1 aromatic rings. The van der Waals surface area contributed by atoms with Gasteiger partial charge in [-0.05, 0) is 12.1 Å². The number of rotatable bonds is 5. The first-order valence-electron chi connectivity index (χ1n) is 4.30. The molecule has 0 aliphatic rings. The normalized spacial score (nSPS) is 9.60. The molecule has 0 aliphatic carbocycles. The molecule has 0 spiro atoms. The highest BCUT2D eigenvalue weighted by Crippen LogP contribution is 2.05. The molecule has 1 amide bonds. The van der Waals surface area contributed by atoms with E-state index >= 15 is 0 Å². The molecule has 1 heterocycles. The van der Waals surface area contributed by atoms with E-state index < -0.39 is 11.9 Å². The van der Waals surface area contributed by atoms with Crippen molar-refractivity contribution in [1.29, 1.82) is 0 Å². The summed E-state index contributed by atoms with van der Waals surface area (Å²) in [5.74, 6) is -1.41. The molecule has 0 bridgehead atoms. The van der Waals surface area contributed by atoms with Gasteiger partial charge in [-0.15, -0.1) is 6.58 Å². The number of hydrogen-bond acceptors (Lipinski definition) is 3. The SMILES string of the molecule is C=CCN(CC(=O)O)C(=O)c1ccco1. The summed E-state index contributed by atoms with van der Waals surface area (Å²) in [6.45, 7) is 3.26. The smallest absolute Gasteiger partial charge is 0.323 e. The van der Waals surface area contributed by atoms with E-state index in [1.54, 1.807) is 6.07 Å². The van der Waals surface area contributed by atoms with Crippen molar-refractivity contribution in [3.63, 3.8) is 0 Å². The van der Waals surface area contributed by atoms with Crippen LogP contribution in [0.1, 0.15) is 10.6 Å². The van der Waals surface area contributed by atoms with Gasteiger partial charge in [-0.2, -0.15) is 0 Å². The van der Waals surface area contributed by atoms with E-state index in [2.05, 4.69) is 6.58 Å². The zero-order valence-electron chi connectivity index (χ0n) is 8.05. The van der Waals surface area contributed by atoms with Crippen LogP contribution >= 0.6 is 0 Å². The van der Waals surface area contributed by atoms with Gasteiger partial charge in [0.2, 0.25) is 0 Å². The number of carboxylic acids is 1. The van der Waals surface area contributed by atoms with E-state index in [4.69, 9.17) is 9.52 Å². The van der Waals surface area contributed by atoms with Crippen molar-refractivity contribution >= 4 is 11.9 Å². The zero-order chi connectivity index (χ0) is 11.3. The van der Waals surface area contributed by atoms with Crippen LogP contribution in [0.4, 0.5) is 0 Å². The number of aliphatic carboxylic acids is 1. The number of amides is 1. The lowest BCUT2D eigenvalue weighted by Crippen LogP contribution is -2.35. The highest BCUT2D eigenvalue weighted by atomic mass is 16.4. The van der Waals surface area contributed by atoms with Gasteiger partial charge in [0.15, 0.2) is 5.76 Å². The van der Waals surface area contributed by atoms with Crippen molar-refractivity contribution in [3.05, 3.63) is 36.8 Å². The van der Waals surface area contributed by atoms with Crippen molar-refractivity contribution in [3.8, 4) is 0 Å².